The predicted octanol–water partition coefficient (Wildman–Crippen LogP) is 1.64. The molecule has 76 valence electrons. The fourth-order valence-corrected chi connectivity index (χ4v) is 1.46. The Morgan fingerprint density at radius 1 is 1.43 bits per heavy atom. The first-order valence-electron chi connectivity index (χ1n) is 4.32. The van der Waals surface area contributed by atoms with Gasteiger partial charge in [0.15, 0.2) is 0 Å². The number of rotatable bonds is 4. The maximum Gasteiger partial charge on any atom is 0.320 e. The second kappa shape index (κ2) is 5.31. The molecule has 0 saturated carbocycles. The van der Waals surface area contributed by atoms with E-state index in [2.05, 4.69) is 22.6 Å². The number of hydrogen-bond acceptors (Lipinski definition) is 2. The summed E-state index contributed by atoms with van der Waals surface area (Å²) in [6.45, 7) is 0. The number of nitrogens with two attached hydrogens (primary N) is 1. The Hall–Kier alpha value is -0.620. The van der Waals surface area contributed by atoms with E-state index in [-0.39, 0.29) is 0 Å². The van der Waals surface area contributed by atoms with Crippen molar-refractivity contribution in [2.45, 2.75) is 18.9 Å². The van der Waals surface area contributed by atoms with Gasteiger partial charge in [0.1, 0.15) is 6.04 Å². The number of hydrogen-bond donors (Lipinski definition) is 2. The average molecular weight is 305 g/mol. The molecule has 0 bridgehead atoms. The van der Waals surface area contributed by atoms with Gasteiger partial charge >= 0.3 is 5.97 Å². The van der Waals surface area contributed by atoms with E-state index in [0.717, 1.165) is 5.56 Å². The van der Waals surface area contributed by atoms with Gasteiger partial charge in [0.25, 0.3) is 0 Å². The number of aryl methyl sites for hydroxylation is 1. The molecule has 0 radical (unpaired) electrons. The van der Waals surface area contributed by atoms with E-state index in [1.165, 1.54) is 3.57 Å². The van der Waals surface area contributed by atoms with Gasteiger partial charge in [0.2, 0.25) is 0 Å². The van der Waals surface area contributed by atoms with Crippen LogP contribution in [-0.2, 0) is 11.2 Å². The molecule has 0 spiro atoms. The Morgan fingerprint density at radius 2 is 2.00 bits per heavy atom. The lowest BCUT2D eigenvalue weighted by Crippen LogP contribution is -2.30. The second-order valence-corrected chi connectivity index (χ2v) is 4.36. The highest BCUT2D eigenvalue weighted by Crippen LogP contribution is 2.09. The zero-order valence-electron chi connectivity index (χ0n) is 7.61. The van der Waals surface area contributed by atoms with Crippen LogP contribution >= 0.6 is 22.6 Å². The van der Waals surface area contributed by atoms with E-state index in [4.69, 9.17) is 10.8 Å². The first-order valence-corrected chi connectivity index (χ1v) is 5.40. The van der Waals surface area contributed by atoms with Crippen LogP contribution < -0.4 is 5.73 Å². The Kier molecular flexibility index (Phi) is 4.34. The highest BCUT2D eigenvalue weighted by atomic mass is 127. The average Bonchev–Trinajstić information content (AvgIpc) is 2.16. The zero-order chi connectivity index (χ0) is 10.6. The Bertz CT molecular complexity index is 310. The molecular formula is C10H12INO2. The van der Waals surface area contributed by atoms with E-state index >= 15 is 0 Å². The lowest BCUT2D eigenvalue weighted by Gasteiger charge is -2.05. The van der Waals surface area contributed by atoms with Crippen LogP contribution in [0.4, 0.5) is 0 Å². The monoisotopic (exact) mass is 305 g/mol. The van der Waals surface area contributed by atoms with Gasteiger partial charge in [0.05, 0.1) is 0 Å². The third-order valence-corrected chi connectivity index (χ3v) is 2.69. The molecule has 3 nitrogen and oxygen atoms in total. The van der Waals surface area contributed by atoms with Gasteiger partial charge in [0, 0.05) is 3.57 Å². The van der Waals surface area contributed by atoms with Crippen molar-refractivity contribution in [1.29, 1.82) is 0 Å². The smallest absolute Gasteiger partial charge is 0.320 e. The molecule has 0 aliphatic carbocycles. The van der Waals surface area contributed by atoms with Crippen LogP contribution in [0.25, 0.3) is 0 Å². The molecule has 0 aliphatic rings. The number of benzene rings is 1. The van der Waals surface area contributed by atoms with Crippen molar-refractivity contribution in [2.24, 2.45) is 5.73 Å². The standard InChI is InChI=1S/C10H12INO2/c11-8-4-1-7(2-5-8)3-6-9(12)10(13)14/h1-2,4-5,9H,3,6,12H2,(H,13,14)/t9-/m1/s1. The second-order valence-electron chi connectivity index (χ2n) is 3.11. The normalized spacial score (nSPS) is 12.4. The molecule has 0 aliphatic heterocycles. The van der Waals surface area contributed by atoms with Crippen molar-refractivity contribution in [1.82, 2.24) is 0 Å². The number of carbonyl (C=O) groups is 1. The molecule has 1 rings (SSSR count). The van der Waals surface area contributed by atoms with Crippen molar-refractivity contribution in [3.8, 4) is 0 Å². The minimum Gasteiger partial charge on any atom is -0.480 e. The summed E-state index contributed by atoms with van der Waals surface area (Å²) in [4.78, 5) is 10.4. The van der Waals surface area contributed by atoms with Gasteiger partial charge in [-0.05, 0) is 53.1 Å². The van der Waals surface area contributed by atoms with Crippen LogP contribution in [0.15, 0.2) is 24.3 Å². The topological polar surface area (TPSA) is 63.3 Å². The highest BCUT2D eigenvalue weighted by Gasteiger charge is 2.10. The van der Waals surface area contributed by atoms with Gasteiger partial charge in [-0.2, -0.15) is 0 Å². The molecule has 0 unspecified atom stereocenters. The summed E-state index contributed by atoms with van der Waals surface area (Å²) in [5, 5.41) is 8.58. The summed E-state index contributed by atoms with van der Waals surface area (Å²) in [6.07, 6.45) is 1.19. The summed E-state index contributed by atoms with van der Waals surface area (Å²) in [7, 11) is 0. The van der Waals surface area contributed by atoms with Gasteiger partial charge < -0.3 is 10.8 Å². The van der Waals surface area contributed by atoms with Gasteiger partial charge in [-0.1, -0.05) is 12.1 Å². The zero-order valence-corrected chi connectivity index (χ0v) is 9.77. The van der Waals surface area contributed by atoms with Gasteiger partial charge in [-0.15, -0.1) is 0 Å². The number of carboxylic acids is 1. The minimum atomic E-state index is -0.935. The fraction of sp³-hybridized carbons (Fsp3) is 0.300. The molecule has 4 heteroatoms. The molecule has 1 aromatic carbocycles. The van der Waals surface area contributed by atoms with Gasteiger partial charge in [-0.25, -0.2) is 0 Å². The summed E-state index contributed by atoms with van der Waals surface area (Å²) >= 11 is 2.23. The van der Waals surface area contributed by atoms with Crippen LogP contribution in [0.5, 0.6) is 0 Å². The van der Waals surface area contributed by atoms with E-state index in [1.54, 1.807) is 0 Å². The van der Waals surface area contributed by atoms with Crippen LogP contribution in [0.2, 0.25) is 0 Å². The Labute approximate surface area is 96.4 Å². The van der Waals surface area contributed by atoms with Crippen LogP contribution in [0, 0.1) is 3.57 Å². The number of aliphatic carboxylic acids is 1. The van der Waals surface area contributed by atoms with Crippen molar-refractivity contribution >= 4 is 28.6 Å². The van der Waals surface area contributed by atoms with E-state index in [9.17, 15) is 4.79 Å². The lowest BCUT2D eigenvalue weighted by molar-refractivity contribution is -0.138. The van der Waals surface area contributed by atoms with E-state index < -0.39 is 12.0 Å². The van der Waals surface area contributed by atoms with E-state index in [0.29, 0.717) is 12.8 Å². The molecule has 14 heavy (non-hydrogen) atoms. The molecule has 0 aromatic heterocycles. The third-order valence-electron chi connectivity index (χ3n) is 1.97. The fourth-order valence-electron chi connectivity index (χ4n) is 1.10. The summed E-state index contributed by atoms with van der Waals surface area (Å²) in [6, 6.07) is 7.24. The summed E-state index contributed by atoms with van der Waals surface area (Å²) in [5.41, 5.74) is 6.52. The first kappa shape index (κ1) is 11.5. The lowest BCUT2D eigenvalue weighted by atomic mass is 10.1. The Morgan fingerprint density at radius 3 is 2.50 bits per heavy atom. The van der Waals surface area contributed by atoms with Crippen LogP contribution in [0.3, 0.4) is 0 Å². The van der Waals surface area contributed by atoms with Crippen LogP contribution in [-0.4, -0.2) is 17.1 Å². The first-order chi connectivity index (χ1) is 6.59. The van der Waals surface area contributed by atoms with Gasteiger partial charge in [-0.3, -0.25) is 4.79 Å². The molecule has 0 fully saturated rings. The molecule has 1 atom stereocenters. The molecule has 0 heterocycles. The quantitative estimate of drug-likeness (QED) is 0.831. The predicted molar refractivity (Wildman–Crippen MR) is 63.1 cm³/mol. The van der Waals surface area contributed by atoms with E-state index in [1.807, 2.05) is 24.3 Å². The molecular weight excluding hydrogens is 293 g/mol. The van der Waals surface area contributed by atoms with Crippen molar-refractivity contribution in [3.63, 3.8) is 0 Å². The number of halogens is 1. The molecule has 1 aromatic rings. The molecule has 0 saturated heterocycles. The van der Waals surface area contributed by atoms with Crippen molar-refractivity contribution in [3.05, 3.63) is 33.4 Å². The highest BCUT2D eigenvalue weighted by molar-refractivity contribution is 14.1. The largest absolute Gasteiger partial charge is 0.480 e. The SMILES string of the molecule is N[C@H](CCc1ccc(I)cc1)C(=O)O. The maximum atomic E-state index is 10.4. The number of carboxylic acid groups (broad SMARTS) is 1. The molecule has 0 amide bonds. The third kappa shape index (κ3) is 3.63. The van der Waals surface area contributed by atoms with Crippen molar-refractivity contribution < 1.29 is 9.90 Å². The van der Waals surface area contributed by atoms with Crippen LogP contribution in [0.1, 0.15) is 12.0 Å². The summed E-state index contributed by atoms with van der Waals surface area (Å²) < 4.78 is 1.17. The van der Waals surface area contributed by atoms with Crippen molar-refractivity contribution in [2.75, 3.05) is 0 Å². The molecule has 3 N–H and O–H groups in total. The maximum absolute atomic E-state index is 10.4. The Balaban J connectivity index is 2.46. The minimum absolute atomic E-state index is 0.482. The summed E-state index contributed by atoms with van der Waals surface area (Å²) in [5.74, 6) is -0.935.